The van der Waals surface area contributed by atoms with Gasteiger partial charge in [-0.1, -0.05) is 30.3 Å². The maximum Gasteiger partial charge on any atom is 0.407 e. The van der Waals surface area contributed by atoms with Gasteiger partial charge in [0.15, 0.2) is 5.96 Å². The van der Waals surface area contributed by atoms with Gasteiger partial charge in [0.05, 0.1) is 6.54 Å². The van der Waals surface area contributed by atoms with Gasteiger partial charge in [0, 0.05) is 26.7 Å². The maximum absolute atomic E-state index is 11.6. The highest BCUT2D eigenvalue weighted by Crippen LogP contribution is 2.16. The maximum atomic E-state index is 11.6. The van der Waals surface area contributed by atoms with Crippen LogP contribution in [-0.4, -0.2) is 50.9 Å². The fourth-order valence-corrected chi connectivity index (χ4v) is 2.16. The summed E-state index contributed by atoms with van der Waals surface area (Å²) in [4.78, 5) is 16.2. The predicted molar refractivity (Wildman–Crippen MR) is 120 cm³/mol. The van der Waals surface area contributed by atoms with Crippen molar-refractivity contribution < 1.29 is 14.3 Å². The first-order valence-corrected chi connectivity index (χ1v) is 8.92. The van der Waals surface area contributed by atoms with Gasteiger partial charge in [-0.3, -0.25) is 4.99 Å². The smallest absolute Gasteiger partial charge is 0.407 e. The number of amides is 1. The second-order valence-electron chi connectivity index (χ2n) is 6.71. The Morgan fingerprint density at radius 2 is 1.74 bits per heavy atom. The molecule has 0 aliphatic rings. The van der Waals surface area contributed by atoms with Crippen LogP contribution < -0.4 is 16.0 Å². The highest BCUT2D eigenvalue weighted by molar-refractivity contribution is 14.0. The first-order valence-electron chi connectivity index (χ1n) is 8.92. The number of carbonyl (C=O) groups excluding carboxylic acids is 1. The average molecular weight is 492 g/mol. The van der Waals surface area contributed by atoms with E-state index in [1.54, 1.807) is 7.11 Å². The van der Waals surface area contributed by atoms with Gasteiger partial charge in [-0.25, -0.2) is 4.79 Å². The molecule has 8 heteroatoms. The number of hydrogen-bond acceptors (Lipinski definition) is 4. The second-order valence-corrected chi connectivity index (χ2v) is 6.71. The summed E-state index contributed by atoms with van der Waals surface area (Å²) < 4.78 is 10.7. The first-order chi connectivity index (χ1) is 12.4. The van der Waals surface area contributed by atoms with Gasteiger partial charge in [-0.15, -0.1) is 24.0 Å². The number of ether oxygens (including phenoxy) is 2. The highest BCUT2D eigenvalue weighted by Gasteiger charge is 2.15. The van der Waals surface area contributed by atoms with Crippen LogP contribution in [0.3, 0.4) is 0 Å². The second kappa shape index (κ2) is 13.6. The quantitative estimate of drug-likeness (QED) is 0.225. The average Bonchev–Trinajstić information content (AvgIpc) is 2.58. The summed E-state index contributed by atoms with van der Waals surface area (Å²) in [5.41, 5.74) is 0.585. The number of halogens is 1. The fraction of sp³-hybridized carbons (Fsp3) is 0.579. The topological polar surface area (TPSA) is 84.0 Å². The van der Waals surface area contributed by atoms with E-state index in [1.165, 1.54) is 0 Å². The van der Waals surface area contributed by atoms with Gasteiger partial charge in [0.25, 0.3) is 0 Å². The summed E-state index contributed by atoms with van der Waals surface area (Å²) in [5.74, 6) is 0.677. The molecule has 0 radical (unpaired) electrons. The molecule has 0 aliphatic carbocycles. The lowest BCUT2D eigenvalue weighted by molar-refractivity contribution is 0.0529. The molecule has 1 amide bonds. The third-order valence-corrected chi connectivity index (χ3v) is 3.30. The number of aliphatic imine (C=N–C) groups is 1. The summed E-state index contributed by atoms with van der Waals surface area (Å²) in [6, 6.07) is 9.99. The van der Waals surface area contributed by atoms with Crippen molar-refractivity contribution in [3.05, 3.63) is 35.9 Å². The minimum atomic E-state index is -0.500. The number of hydrogen-bond donors (Lipinski definition) is 3. The summed E-state index contributed by atoms with van der Waals surface area (Å²) >= 11 is 0. The minimum Gasteiger partial charge on any atom is -0.444 e. The van der Waals surface area contributed by atoms with Crippen LogP contribution in [0.25, 0.3) is 0 Å². The Balaban J connectivity index is 0.00000676. The molecule has 0 spiro atoms. The molecule has 0 fully saturated rings. The molecule has 0 aromatic heterocycles. The standard InChI is InChI=1S/C19H32N4O3.HI/c1-6-20-17(21-12-13-22-18(24)26-19(2,3)4)23-14-16(25-5)15-10-8-7-9-11-15;/h7-11,16H,6,12-14H2,1-5H3,(H,22,24)(H2,20,21,23);1H. The van der Waals surface area contributed by atoms with E-state index in [9.17, 15) is 4.79 Å². The molecule has 1 unspecified atom stereocenters. The fourth-order valence-electron chi connectivity index (χ4n) is 2.16. The molecule has 1 aromatic rings. The highest BCUT2D eigenvalue weighted by atomic mass is 127. The van der Waals surface area contributed by atoms with Gasteiger partial charge in [-0.2, -0.15) is 0 Å². The number of benzene rings is 1. The van der Waals surface area contributed by atoms with Crippen molar-refractivity contribution in [1.82, 2.24) is 16.0 Å². The normalized spacial score (nSPS) is 12.6. The van der Waals surface area contributed by atoms with Crippen LogP contribution in [-0.2, 0) is 9.47 Å². The molecular weight excluding hydrogens is 459 g/mol. The van der Waals surface area contributed by atoms with Crippen LogP contribution in [0.1, 0.15) is 39.4 Å². The predicted octanol–water partition coefficient (Wildman–Crippen LogP) is 3.07. The zero-order chi connectivity index (χ0) is 19.4. The summed E-state index contributed by atoms with van der Waals surface area (Å²) in [7, 11) is 1.68. The third-order valence-electron chi connectivity index (χ3n) is 3.30. The molecule has 0 heterocycles. The molecule has 0 aliphatic heterocycles. The number of rotatable bonds is 8. The molecule has 0 saturated carbocycles. The number of methoxy groups -OCH3 is 1. The van der Waals surface area contributed by atoms with E-state index in [0.717, 1.165) is 12.1 Å². The van der Waals surface area contributed by atoms with E-state index in [1.807, 2.05) is 58.0 Å². The molecule has 0 bridgehead atoms. The van der Waals surface area contributed by atoms with Gasteiger partial charge in [0.1, 0.15) is 11.7 Å². The Kier molecular flexibility index (Phi) is 12.8. The van der Waals surface area contributed by atoms with Crippen molar-refractivity contribution in [2.24, 2.45) is 4.99 Å². The third kappa shape index (κ3) is 11.7. The number of alkyl carbamates (subject to hydrolysis) is 1. The Bertz CT molecular complexity index is 562. The van der Waals surface area contributed by atoms with Crippen molar-refractivity contribution in [3.63, 3.8) is 0 Å². The van der Waals surface area contributed by atoms with Crippen LogP contribution in [0.2, 0.25) is 0 Å². The largest absolute Gasteiger partial charge is 0.444 e. The number of nitrogens with zero attached hydrogens (tertiary/aromatic N) is 1. The Labute approximate surface area is 179 Å². The van der Waals surface area contributed by atoms with Gasteiger partial charge < -0.3 is 25.4 Å². The van der Waals surface area contributed by atoms with E-state index in [0.29, 0.717) is 25.6 Å². The molecule has 7 nitrogen and oxygen atoms in total. The van der Waals surface area contributed by atoms with Crippen LogP contribution in [0.4, 0.5) is 4.79 Å². The lowest BCUT2D eigenvalue weighted by Gasteiger charge is -2.20. The molecule has 1 atom stereocenters. The summed E-state index contributed by atoms with van der Waals surface area (Å²) in [5, 5.41) is 9.07. The Morgan fingerprint density at radius 3 is 2.30 bits per heavy atom. The SMILES string of the molecule is CCNC(=NCC(OC)c1ccccc1)NCCNC(=O)OC(C)(C)C.I. The summed E-state index contributed by atoms with van der Waals surface area (Å²) in [6.45, 7) is 9.71. The number of carbonyl (C=O) groups is 1. The van der Waals surface area contributed by atoms with Gasteiger partial charge >= 0.3 is 6.09 Å². The minimum absolute atomic E-state index is 0. The van der Waals surface area contributed by atoms with E-state index >= 15 is 0 Å². The molecule has 27 heavy (non-hydrogen) atoms. The molecule has 154 valence electrons. The zero-order valence-corrected chi connectivity index (χ0v) is 19.2. The monoisotopic (exact) mass is 492 g/mol. The summed E-state index contributed by atoms with van der Waals surface area (Å²) in [6.07, 6.45) is -0.531. The van der Waals surface area contributed by atoms with Gasteiger partial charge in [-0.05, 0) is 33.3 Å². The van der Waals surface area contributed by atoms with E-state index < -0.39 is 11.7 Å². The van der Waals surface area contributed by atoms with Crippen LogP contribution >= 0.6 is 24.0 Å². The number of guanidine groups is 1. The van der Waals surface area contributed by atoms with Crippen LogP contribution in [0.5, 0.6) is 0 Å². The molecular formula is C19H33IN4O3. The zero-order valence-electron chi connectivity index (χ0n) is 16.9. The van der Waals surface area contributed by atoms with E-state index in [2.05, 4.69) is 20.9 Å². The van der Waals surface area contributed by atoms with E-state index in [-0.39, 0.29) is 30.1 Å². The number of nitrogens with one attached hydrogen (secondary N) is 3. The molecule has 1 aromatic carbocycles. The molecule has 3 N–H and O–H groups in total. The van der Waals surface area contributed by atoms with Crippen molar-refractivity contribution in [1.29, 1.82) is 0 Å². The Hall–Kier alpha value is -1.55. The molecule has 1 rings (SSSR count). The molecule has 0 saturated heterocycles. The lowest BCUT2D eigenvalue weighted by atomic mass is 10.1. The van der Waals surface area contributed by atoms with Crippen molar-refractivity contribution in [3.8, 4) is 0 Å². The van der Waals surface area contributed by atoms with Crippen LogP contribution in [0.15, 0.2) is 35.3 Å². The van der Waals surface area contributed by atoms with Crippen molar-refractivity contribution in [2.75, 3.05) is 33.3 Å². The van der Waals surface area contributed by atoms with Crippen molar-refractivity contribution in [2.45, 2.75) is 39.4 Å². The lowest BCUT2D eigenvalue weighted by Crippen LogP contribution is -2.42. The Morgan fingerprint density at radius 1 is 1.11 bits per heavy atom. The van der Waals surface area contributed by atoms with Crippen LogP contribution in [0, 0.1) is 0 Å². The van der Waals surface area contributed by atoms with Crippen molar-refractivity contribution >= 4 is 36.0 Å². The van der Waals surface area contributed by atoms with E-state index in [4.69, 9.17) is 9.47 Å². The first kappa shape index (κ1) is 25.4. The van der Waals surface area contributed by atoms with Gasteiger partial charge in [0.2, 0.25) is 0 Å².